The fraction of sp³-hybridized carbons (Fsp3) is 0.308. The lowest BCUT2D eigenvalue weighted by Gasteiger charge is -2.21. The molecule has 2 aliphatic rings. The fourth-order valence-corrected chi connectivity index (χ4v) is 2.59. The number of carbonyl (C=O) groups is 3. The second-order valence-electron chi connectivity index (χ2n) is 4.54. The van der Waals surface area contributed by atoms with Gasteiger partial charge >= 0.3 is 0 Å². The summed E-state index contributed by atoms with van der Waals surface area (Å²) in [6, 6.07) is 6.24. The van der Waals surface area contributed by atoms with Gasteiger partial charge in [-0.15, -0.1) is 0 Å². The van der Waals surface area contributed by atoms with E-state index in [0.717, 1.165) is 4.90 Å². The highest BCUT2D eigenvalue weighted by Gasteiger charge is 2.45. The molecule has 1 atom stereocenters. The predicted molar refractivity (Wildman–Crippen MR) is 64.1 cm³/mol. The van der Waals surface area contributed by atoms with E-state index in [0.29, 0.717) is 17.7 Å². The van der Waals surface area contributed by atoms with Crippen molar-refractivity contribution in [2.24, 2.45) is 0 Å². The van der Waals surface area contributed by atoms with E-state index in [2.05, 4.69) is 0 Å². The van der Waals surface area contributed by atoms with E-state index in [4.69, 9.17) is 0 Å². The van der Waals surface area contributed by atoms with Crippen molar-refractivity contribution in [3.8, 4) is 0 Å². The first-order chi connectivity index (χ1) is 8.61. The number of fused-ring (bicyclic) bond motifs is 2. The molecule has 5 heteroatoms. The molecule has 3 rings (SSSR count). The number of para-hydroxylation sites is 1. The minimum atomic E-state index is -0.637. The van der Waals surface area contributed by atoms with Crippen molar-refractivity contribution >= 4 is 23.4 Å². The molecular formula is C13H12N2O3. The van der Waals surface area contributed by atoms with Crippen LogP contribution in [0.2, 0.25) is 0 Å². The number of anilines is 1. The molecule has 2 aliphatic heterocycles. The number of hydrogen-bond acceptors (Lipinski definition) is 3. The summed E-state index contributed by atoms with van der Waals surface area (Å²) >= 11 is 0. The van der Waals surface area contributed by atoms with Gasteiger partial charge in [0.15, 0.2) is 0 Å². The average Bonchev–Trinajstić information content (AvgIpc) is 2.74. The van der Waals surface area contributed by atoms with Crippen LogP contribution in [0.25, 0.3) is 0 Å². The number of rotatable bonds is 0. The number of carbonyl (C=O) groups excluding carboxylic acids is 3. The number of benzene rings is 1. The molecule has 0 N–H and O–H groups in total. The van der Waals surface area contributed by atoms with Crippen LogP contribution in [0.3, 0.4) is 0 Å². The van der Waals surface area contributed by atoms with Gasteiger partial charge in [-0.1, -0.05) is 12.1 Å². The van der Waals surface area contributed by atoms with E-state index >= 15 is 0 Å². The Labute approximate surface area is 104 Å². The van der Waals surface area contributed by atoms with Crippen LogP contribution in [0, 0.1) is 0 Å². The molecule has 1 saturated heterocycles. The summed E-state index contributed by atoms with van der Waals surface area (Å²) in [6.45, 7) is 0. The highest BCUT2D eigenvalue weighted by atomic mass is 16.2. The minimum Gasteiger partial charge on any atom is -0.313 e. The molecule has 1 aromatic rings. The van der Waals surface area contributed by atoms with Gasteiger partial charge in [0.25, 0.3) is 5.91 Å². The maximum absolute atomic E-state index is 12.3. The zero-order valence-corrected chi connectivity index (χ0v) is 9.92. The molecule has 0 aliphatic carbocycles. The Balaban J connectivity index is 2.20. The zero-order chi connectivity index (χ0) is 12.9. The van der Waals surface area contributed by atoms with Gasteiger partial charge in [-0.2, -0.15) is 0 Å². The van der Waals surface area contributed by atoms with E-state index in [1.807, 2.05) is 0 Å². The lowest BCUT2D eigenvalue weighted by atomic mass is 10.1. The van der Waals surface area contributed by atoms with Crippen LogP contribution >= 0.6 is 0 Å². The molecule has 3 amide bonds. The van der Waals surface area contributed by atoms with Gasteiger partial charge < -0.3 is 4.90 Å². The fourth-order valence-electron chi connectivity index (χ4n) is 2.59. The van der Waals surface area contributed by atoms with Crippen LogP contribution in [-0.4, -0.2) is 35.7 Å². The van der Waals surface area contributed by atoms with Gasteiger partial charge in [0.05, 0.1) is 11.3 Å². The van der Waals surface area contributed by atoms with E-state index in [9.17, 15) is 14.4 Å². The average molecular weight is 244 g/mol. The summed E-state index contributed by atoms with van der Waals surface area (Å²) in [7, 11) is 1.64. The third-order valence-corrected chi connectivity index (χ3v) is 3.54. The van der Waals surface area contributed by atoms with Crippen molar-refractivity contribution in [2.75, 3.05) is 11.9 Å². The molecule has 92 valence electrons. The minimum absolute atomic E-state index is 0.195. The maximum atomic E-state index is 12.3. The summed E-state index contributed by atoms with van der Waals surface area (Å²) in [5, 5.41) is 0. The third-order valence-electron chi connectivity index (χ3n) is 3.54. The molecule has 5 nitrogen and oxygen atoms in total. The monoisotopic (exact) mass is 244 g/mol. The number of amides is 3. The van der Waals surface area contributed by atoms with Gasteiger partial charge in [0, 0.05) is 13.5 Å². The Morgan fingerprint density at radius 1 is 1.17 bits per heavy atom. The molecule has 0 saturated carbocycles. The smallest absolute Gasteiger partial charge is 0.263 e. The predicted octanol–water partition coefficient (Wildman–Crippen LogP) is 0.794. The number of likely N-dealkylation sites (N-methyl/N-ethyl adjacent to an activating group) is 1. The normalized spacial score (nSPS) is 22.9. The molecule has 0 aromatic heterocycles. The standard InChI is InChI=1S/C13H12N2O3/c1-14-9-5-3-2-4-8(9)12(17)15-10(13(14)18)6-7-11(15)16/h2-5,10H,6-7H2,1H3/t10-/m0/s1. The van der Waals surface area contributed by atoms with Crippen LogP contribution in [0.15, 0.2) is 24.3 Å². The van der Waals surface area contributed by atoms with Gasteiger partial charge in [0.1, 0.15) is 6.04 Å². The molecule has 1 fully saturated rings. The Morgan fingerprint density at radius 3 is 2.67 bits per heavy atom. The summed E-state index contributed by atoms with van der Waals surface area (Å²) in [4.78, 5) is 39.0. The second-order valence-corrected chi connectivity index (χ2v) is 4.54. The third kappa shape index (κ3) is 1.30. The van der Waals surface area contributed by atoms with Crippen molar-refractivity contribution in [1.82, 2.24) is 4.90 Å². The molecule has 1 aromatic carbocycles. The van der Waals surface area contributed by atoms with E-state index < -0.39 is 6.04 Å². The molecule has 0 spiro atoms. The Morgan fingerprint density at radius 2 is 1.89 bits per heavy atom. The number of hydrogen-bond donors (Lipinski definition) is 0. The van der Waals surface area contributed by atoms with Crippen molar-refractivity contribution in [3.05, 3.63) is 29.8 Å². The van der Waals surface area contributed by atoms with Crippen molar-refractivity contribution in [1.29, 1.82) is 0 Å². The summed E-state index contributed by atoms with van der Waals surface area (Å²) in [5.74, 6) is -0.821. The lowest BCUT2D eigenvalue weighted by molar-refractivity contribution is -0.131. The van der Waals surface area contributed by atoms with Crippen LogP contribution in [0.4, 0.5) is 5.69 Å². The second kappa shape index (κ2) is 3.66. The first-order valence-electron chi connectivity index (χ1n) is 5.84. The van der Waals surface area contributed by atoms with E-state index in [1.165, 1.54) is 4.90 Å². The first-order valence-corrected chi connectivity index (χ1v) is 5.84. The zero-order valence-electron chi connectivity index (χ0n) is 9.92. The lowest BCUT2D eigenvalue weighted by Crippen LogP contribution is -2.45. The largest absolute Gasteiger partial charge is 0.313 e. The topological polar surface area (TPSA) is 57.7 Å². The number of nitrogens with zero attached hydrogens (tertiary/aromatic N) is 2. The molecule has 0 bridgehead atoms. The van der Waals surface area contributed by atoms with Gasteiger partial charge in [-0.25, -0.2) is 0 Å². The van der Waals surface area contributed by atoms with Gasteiger partial charge in [-0.05, 0) is 18.6 Å². The number of imide groups is 1. The Hall–Kier alpha value is -2.17. The van der Waals surface area contributed by atoms with E-state index in [-0.39, 0.29) is 24.1 Å². The van der Waals surface area contributed by atoms with Crippen LogP contribution in [0.1, 0.15) is 23.2 Å². The summed E-state index contributed by atoms with van der Waals surface area (Å²) in [5.41, 5.74) is 0.973. The van der Waals surface area contributed by atoms with Crippen molar-refractivity contribution in [2.45, 2.75) is 18.9 Å². The SMILES string of the molecule is CN1C(=O)[C@@H]2CCC(=O)N2C(=O)c2ccccc21. The van der Waals surface area contributed by atoms with E-state index in [1.54, 1.807) is 31.3 Å². The summed E-state index contributed by atoms with van der Waals surface area (Å²) < 4.78 is 0. The highest BCUT2D eigenvalue weighted by Crippen LogP contribution is 2.31. The van der Waals surface area contributed by atoms with Gasteiger partial charge in [-0.3, -0.25) is 19.3 Å². The quantitative estimate of drug-likeness (QED) is 0.634. The molecule has 0 unspecified atom stereocenters. The Kier molecular flexibility index (Phi) is 2.23. The maximum Gasteiger partial charge on any atom is 0.263 e. The van der Waals surface area contributed by atoms with Crippen molar-refractivity contribution in [3.63, 3.8) is 0 Å². The first kappa shape index (κ1) is 11.0. The Bertz CT molecular complexity index is 567. The molecule has 0 radical (unpaired) electrons. The van der Waals surface area contributed by atoms with Crippen LogP contribution in [0.5, 0.6) is 0 Å². The molecular weight excluding hydrogens is 232 g/mol. The summed E-state index contributed by atoms with van der Waals surface area (Å²) in [6.07, 6.45) is 0.680. The van der Waals surface area contributed by atoms with Crippen LogP contribution < -0.4 is 4.90 Å². The highest BCUT2D eigenvalue weighted by molar-refractivity contribution is 6.17. The van der Waals surface area contributed by atoms with Crippen LogP contribution in [-0.2, 0) is 9.59 Å². The van der Waals surface area contributed by atoms with Gasteiger partial charge in [0.2, 0.25) is 11.8 Å². The van der Waals surface area contributed by atoms with Crippen molar-refractivity contribution < 1.29 is 14.4 Å². The molecule has 18 heavy (non-hydrogen) atoms. The molecule has 2 heterocycles.